The molecule has 0 aromatic heterocycles. The molecule has 1 fully saturated rings. The van der Waals surface area contributed by atoms with Crippen molar-refractivity contribution in [3.63, 3.8) is 0 Å². The zero-order chi connectivity index (χ0) is 13.9. The average molecular weight is 398 g/mol. The Morgan fingerprint density at radius 2 is 1.95 bits per heavy atom. The highest BCUT2D eigenvalue weighted by atomic mass is 127. The van der Waals surface area contributed by atoms with Crippen LogP contribution < -0.4 is 10.6 Å². The number of carbonyl (C=O) groups is 1. The van der Waals surface area contributed by atoms with E-state index in [1.54, 1.807) is 0 Å². The molecular formula is C13H27IN4O2. The number of carbonyl (C=O) groups excluding carboxylic acids is 1. The van der Waals surface area contributed by atoms with Crippen LogP contribution in [-0.2, 0) is 9.53 Å². The van der Waals surface area contributed by atoms with Gasteiger partial charge in [0.15, 0.2) is 5.96 Å². The van der Waals surface area contributed by atoms with Gasteiger partial charge in [0, 0.05) is 32.8 Å². The Labute approximate surface area is 138 Å². The van der Waals surface area contributed by atoms with Crippen LogP contribution in [0.3, 0.4) is 0 Å². The lowest BCUT2D eigenvalue weighted by molar-refractivity contribution is -0.128. The van der Waals surface area contributed by atoms with Crippen molar-refractivity contribution >= 4 is 35.8 Å². The van der Waals surface area contributed by atoms with Gasteiger partial charge in [-0.25, -0.2) is 4.99 Å². The highest BCUT2D eigenvalue weighted by Crippen LogP contribution is 2.07. The van der Waals surface area contributed by atoms with Gasteiger partial charge < -0.3 is 20.3 Å². The number of aliphatic imine (C=N–C) groups is 1. The largest absolute Gasteiger partial charge is 0.380 e. The minimum absolute atomic E-state index is 0. The normalized spacial score (nSPS) is 14.9. The van der Waals surface area contributed by atoms with Gasteiger partial charge in [0.2, 0.25) is 5.91 Å². The molecule has 1 amide bonds. The molecule has 2 N–H and O–H groups in total. The lowest BCUT2D eigenvalue weighted by atomic mass is 10.4. The molecule has 20 heavy (non-hydrogen) atoms. The van der Waals surface area contributed by atoms with E-state index in [1.165, 1.54) is 0 Å². The number of ether oxygens (including phenoxy) is 1. The zero-order valence-electron chi connectivity index (χ0n) is 12.5. The monoisotopic (exact) mass is 398 g/mol. The van der Waals surface area contributed by atoms with Crippen LogP contribution >= 0.6 is 24.0 Å². The number of guanidine groups is 1. The molecule has 0 aliphatic carbocycles. The summed E-state index contributed by atoms with van der Waals surface area (Å²) in [5.74, 6) is 0.786. The molecule has 6 nitrogen and oxygen atoms in total. The van der Waals surface area contributed by atoms with Gasteiger partial charge in [-0.05, 0) is 26.7 Å². The van der Waals surface area contributed by atoms with Crippen molar-refractivity contribution in [1.82, 2.24) is 15.5 Å². The number of likely N-dealkylation sites (tertiary alicyclic amines) is 1. The van der Waals surface area contributed by atoms with Crippen LogP contribution in [0.4, 0.5) is 0 Å². The van der Waals surface area contributed by atoms with Crippen molar-refractivity contribution < 1.29 is 9.53 Å². The lowest BCUT2D eigenvalue weighted by Crippen LogP contribution is -2.40. The van der Waals surface area contributed by atoms with E-state index in [9.17, 15) is 4.79 Å². The quantitative estimate of drug-likeness (QED) is 0.289. The number of amides is 1. The molecule has 0 spiro atoms. The van der Waals surface area contributed by atoms with Gasteiger partial charge in [-0.3, -0.25) is 4.79 Å². The highest BCUT2D eigenvalue weighted by Gasteiger charge is 2.17. The Morgan fingerprint density at radius 1 is 1.25 bits per heavy atom. The van der Waals surface area contributed by atoms with Crippen molar-refractivity contribution in [3.05, 3.63) is 0 Å². The molecule has 0 radical (unpaired) electrons. The van der Waals surface area contributed by atoms with Crippen LogP contribution in [0.1, 0.15) is 26.7 Å². The maximum atomic E-state index is 11.9. The van der Waals surface area contributed by atoms with E-state index in [-0.39, 0.29) is 36.4 Å². The molecule has 1 rings (SSSR count). The second kappa shape index (κ2) is 12.2. The lowest BCUT2D eigenvalue weighted by Gasteiger charge is -2.15. The summed E-state index contributed by atoms with van der Waals surface area (Å²) in [6.45, 7) is 8.76. The van der Waals surface area contributed by atoms with E-state index in [0.717, 1.165) is 32.5 Å². The standard InChI is InChI=1S/C13H26N4O2.HI/c1-3-14-13(15-7-10-19-4-2)16-11-12(18)17-8-5-6-9-17;/h3-11H2,1-2H3,(H2,14,15,16);1H. The van der Waals surface area contributed by atoms with E-state index in [1.807, 2.05) is 18.7 Å². The Balaban J connectivity index is 0.00000361. The molecule has 7 heteroatoms. The molecule has 0 unspecified atom stereocenters. The number of rotatable bonds is 7. The Kier molecular flexibility index (Phi) is 11.8. The zero-order valence-corrected chi connectivity index (χ0v) is 14.8. The van der Waals surface area contributed by atoms with Gasteiger partial charge >= 0.3 is 0 Å². The minimum Gasteiger partial charge on any atom is -0.380 e. The fourth-order valence-corrected chi connectivity index (χ4v) is 1.94. The minimum atomic E-state index is 0. The van der Waals surface area contributed by atoms with Crippen LogP contribution in [0.5, 0.6) is 0 Å². The summed E-state index contributed by atoms with van der Waals surface area (Å²) in [6, 6.07) is 0. The van der Waals surface area contributed by atoms with Crippen LogP contribution in [-0.4, -0.2) is 62.7 Å². The molecule has 0 bridgehead atoms. The van der Waals surface area contributed by atoms with Crippen LogP contribution in [0.15, 0.2) is 4.99 Å². The molecule has 0 atom stereocenters. The SMILES string of the molecule is CCNC(=NCC(=O)N1CCCC1)NCCOCC.I. The van der Waals surface area contributed by atoms with E-state index < -0.39 is 0 Å². The third kappa shape index (κ3) is 7.88. The first-order chi connectivity index (χ1) is 9.27. The predicted octanol–water partition coefficient (Wildman–Crippen LogP) is 0.818. The van der Waals surface area contributed by atoms with Gasteiger partial charge in [0.05, 0.1) is 6.61 Å². The fourth-order valence-electron chi connectivity index (χ4n) is 1.94. The van der Waals surface area contributed by atoms with Crippen molar-refractivity contribution in [3.8, 4) is 0 Å². The topological polar surface area (TPSA) is 66.0 Å². The van der Waals surface area contributed by atoms with Crippen molar-refractivity contribution in [2.24, 2.45) is 4.99 Å². The summed E-state index contributed by atoms with van der Waals surface area (Å²) < 4.78 is 5.25. The number of halogens is 1. The summed E-state index contributed by atoms with van der Waals surface area (Å²) in [5, 5.41) is 6.26. The first-order valence-electron chi connectivity index (χ1n) is 7.15. The molecule has 0 saturated carbocycles. The summed E-state index contributed by atoms with van der Waals surface area (Å²) in [5.41, 5.74) is 0. The molecular weight excluding hydrogens is 371 g/mol. The van der Waals surface area contributed by atoms with Gasteiger partial charge in [0.1, 0.15) is 6.54 Å². The molecule has 1 aliphatic rings. The second-order valence-corrected chi connectivity index (χ2v) is 4.41. The van der Waals surface area contributed by atoms with Gasteiger partial charge in [0.25, 0.3) is 0 Å². The summed E-state index contributed by atoms with van der Waals surface area (Å²) in [4.78, 5) is 18.1. The highest BCUT2D eigenvalue weighted by molar-refractivity contribution is 14.0. The van der Waals surface area contributed by atoms with Crippen LogP contribution in [0, 0.1) is 0 Å². The molecule has 0 aromatic rings. The van der Waals surface area contributed by atoms with Gasteiger partial charge in [-0.1, -0.05) is 0 Å². The third-order valence-electron chi connectivity index (χ3n) is 2.92. The maximum Gasteiger partial charge on any atom is 0.244 e. The van der Waals surface area contributed by atoms with E-state index >= 15 is 0 Å². The molecule has 1 saturated heterocycles. The second-order valence-electron chi connectivity index (χ2n) is 4.41. The first kappa shape index (κ1) is 19.4. The Bertz CT molecular complexity index is 294. The average Bonchev–Trinajstić information content (AvgIpc) is 2.94. The summed E-state index contributed by atoms with van der Waals surface area (Å²) >= 11 is 0. The number of hydrogen-bond acceptors (Lipinski definition) is 3. The van der Waals surface area contributed by atoms with Gasteiger partial charge in [-0.15, -0.1) is 24.0 Å². The fraction of sp³-hybridized carbons (Fsp3) is 0.846. The van der Waals surface area contributed by atoms with Crippen LogP contribution in [0.2, 0.25) is 0 Å². The summed E-state index contributed by atoms with van der Waals surface area (Å²) in [7, 11) is 0. The first-order valence-corrected chi connectivity index (χ1v) is 7.15. The van der Waals surface area contributed by atoms with Crippen molar-refractivity contribution in [1.29, 1.82) is 0 Å². The third-order valence-corrected chi connectivity index (χ3v) is 2.92. The van der Waals surface area contributed by atoms with Crippen LogP contribution in [0.25, 0.3) is 0 Å². The number of hydrogen-bond donors (Lipinski definition) is 2. The smallest absolute Gasteiger partial charge is 0.244 e. The predicted molar refractivity (Wildman–Crippen MR) is 91.7 cm³/mol. The molecule has 1 aliphatic heterocycles. The Hall–Kier alpha value is -0.570. The van der Waals surface area contributed by atoms with Gasteiger partial charge in [-0.2, -0.15) is 0 Å². The summed E-state index contributed by atoms with van der Waals surface area (Å²) in [6.07, 6.45) is 2.23. The van der Waals surface area contributed by atoms with E-state index in [2.05, 4.69) is 15.6 Å². The van der Waals surface area contributed by atoms with E-state index in [0.29, 0.717) is 25.7 Å². The number of nitrogens with zero attached hydrogens (tertiary/aromatic N) is 2. The van der Waals surface area contributed by atoms with E-state index in [4.69, 9.17) is 4.74 Å². The Morgan fingerprint density at radius 3 is 2.55 bits per heavy atom. The van der Waals surface area contributed by atoms with Crippen molar-refractivity contribution in [2.45, 2.75) is 26.7 Å². The maximum absolute atomic E-state index is 11.9. The van der Waals surface area contributed by atoms with Crippen molar-refractivity contribution in [2.75, 3.05) is 45.9 Å². The molecule has 1 heterocycles. The number of nitrogens with one attached hydrogen (secondary N) is 2. The molecule has 118 valence electrons. The molecule has 0 aromatic carbocycles.